The molecular formula is C17H22N2O2. The van der Waals surface area contributed by atoms with E-state index in [4.69, 9.17) is 0 Å². The molecule has 0 aliphatic heterocycles. The largest absolute Gasteiger partial charge is 0.351 e. The average Bonchev–Trinajstić information content (AvgIpc) is 2.46. The van der Waals surface area contributed by atoms with Crippen molar-refractivity contribution in [2.24, 2.45) is 5.92 Å². The summed E-state index contributed by atoms with van der Waals surface area (Å²) < 4.78 is 1.60. The van der Waals surface area contributed by atoms with Gasteiger partial charge in [-0.1, -0.05) is 32.0 Å². The molecule has 0 bridgehead atoms. The van der Waals surface area contributed by atoms with Crippen molar-refractivity contribution in [2.45, 2.75) is 33.7 Å². The predicted octanol–water partition coefficient (Wildman–Crippen LogP) is 2.80. The van der Waals surface area contributed by atoms with Gasteiger partial charge in [0.25, 0.3) is 11.5 Å². The lowest BCUT2D eigenvalue weighted by molar-refractivity contribution is 0.0945. The third-order valence-electron chi connectivity index (χ3n) is 3.52. The number of carbonyl (C=O) groups excluding carboxylic acids is 1. The number of benzene rings is 1. The Labute approximate surface area is 124 Å². The summed E-state index contributed by atoms with van der Waals surface area (Å²) >= 11 is 0. The Morgan fingerprint density at radius 2 is 2.00 bits per heavy atom. The van der Waals surface area contributed by atoms with Gasteiger partial charge in [0.1, 0.15) is 5.69 Å². The highest BCUT2D eigenvalue weighted by Gasteiger charge is 2.15. The van der Waals surface area contributed by atoms with Crippen LogP contribution in [0.2, 0.25) is 0 Å². The predicted molar refractivity (Wildman–Crippen MR) is 85.7 cm³/mol. The Hall–Kier alpha value is -2.10. The zero-order valence-electron chi connectivity index (χ0n) is 12.8. The molecule has 21 heavy (non-hydrogen) atoms. The fourth-order valence-electron chi connectivity index (χ4n) is 2.35. The number of hydrogen-bond acceptors (Lipinski definition) is 2. The quantitative estimate of drug-likeness (QED) is 0.919. The van der Waals surface area contributed by atoms with Crippen LogP contribution in [0.1, 0.15) is 37.7 Å². The van der Waals surface area contributed by atoms with Crippen molar-refractivity contribution in [1.29, 1.82) is 0 Å². The number of nitrogens with zero attached hydrogens (tertiary/aromatic N) is 1. The maximum absolute atomic E-state index is 12.7. The molecule has 0 radical (unpaired) electrons. The van der Waals surface area contributed by atoms with Crippen LogP contribution < -0.4 is 10.9 Å². The standard InChI is InChI=1S/C17H22N2O2/c1-4-18-16(20)15-11-13-7-5-6-8-14(13)17(21)19(15)10-9-12(2)3/h5-8,11-12H,4,9-10H2,1-3H3,(H,18,20). The van der Waals surface area contributed by atoms with Crippen LogP contribution in [0, 0.1) is 5.92 Å². The Balaban J connectivity index is 2.59. The SMILES string of the molecule is CCNC(=O)c1cc2ccccc2c(=O)n1CCC(C)C. The van der Waals surface area contributed by atoms with Crippen molar-refractivity contribution in [2.75, 3.05) is 6.54 Å². The number of aromatic nitrogens is 1. The van der Waals surface area contributed by atoms with E-state index in [0.717, 1.165) is 11.8 Å². The summed E-state index contributed by atoms with van der Waals surface area (Å²) in [5.41, 5.74) is 0.358. The molecule has 1 amide bonds. The van der Waals surface area contributed by atoms with Crippen LogP contribution in [0.3, 0.4) is 0 Å². The molecule has 0 atom stereocenters. The fraction of sp³-hybridized carbons (Fsp3) is 0.412. The molecule has 0 unspecified atom stereocenters. The first kappa shape index (κ1) is 15.3. The second-order valence-electron chi connectivity index (χ2n) is 5.62. The van der Waals surface area contributed by atoms with E-state index in [1.165, 1.54) is 0 Å². The van der Waals surface area contributed by atoms with Gasteiger partial charge in [-0.25, -0.2) is 0 Å². The lowest BCUT2D eigenvalue weighted by atomic mass is 10.1. The first-order chi connectivity index (χ1) is 10.0. The molecule has 0 fully saturated rings. The van der Waals surface area contributed by atoms with Gasteiger partial charge in [0, 0.05) is 18.5 Å². The van der Waals surface area contributed by atoms with Crippen LogP contribution in [0.15, 0.2) is 35.1 Å². The van der Waals surface area contributed by atoms with Crippen molar-refractivity contribution >= 4 is 16.7 Å². The van der Waals surface area contributed by atoms with Gasteiger partial charge in [0.05, 0.1) is 0 Å². The molecule has 2 rings (SSSR count). The second kappa shape index (κ2) is 6.57. The van der Waals surface area contributed by atoms with Gasteiger partial charge in [-0.05, 0) is 36.8 Å². The molecule has 0 saturated carbocycles. The minimum atomic E-state index is -0.191. The first-order valence-corrected chi connectivity index (χ1v) is 7.45. The third-order valence-corrected chi connectivity index (χ3v) is 3.52. The monoisotopic (exact) mass is 286 g/mol. The number of rotatable bonds is 5. The van der Waals surface area contributed by atoms with E-state index >= 15 is 0 Å². The van der Waals surface area contributed by atoms with Gasteiger partial charge in [0.15, 0.2) is 0 Å². The van der Waals surface area contributed by atoms with Crippen LogP contribution in [-0.4, -0.2) is 17.0 Å². The van der Waals surface area contributed by atoms with Crippen molar-refractivity contribution in [3.05, 3.63) is 46.4 Å². The van der Waals surface area contributed by atoms with E-state index in [0.29, 0.717) is 30.1 Å². The molecule has 1 heterocycles. The Kier molecular flexibility index (Phi) is 4.78. The van der Waals surface area contributed by atoms with E-state index in [2.05, 4.69) is 19.2 Å². The lowest BCUT2D eigenvalue weighted by Crippen LogP contribution is -2.32. The summed E-state index contributed by atoms with van der Waals surface area (Å²) in [4.78, 5) is 24.9. The molecule has 0 spiro atoms. The molecule has 0 aliphatic rings. The molecule has 1 aromatic carbocycles. The molecule has 0 aliphatic carbocycles. The Morgan fingerprint density at radius 3 is 2.67 bits per heavy atom. The molecule has 4 heteroatoms. The van der Waals surface area contributed by atoms with Crippen molar-refractivity contribution in [3.63, 3.8) is 0 Å². The van der Waals surface area contributed by atoms with E-state index in [9.17, 15) is 9.59 Å². The summed E-state index contributed by atoms with van der Waals surface area (Å²) in [5.74, 6) is 0.287. The highest BCUT2D eigenvalue weighted by molar-refractivity contribution is 5.96. The Morgan fingerprint density at radius 1 is 1.29 bits per heavy atom. The number of pyridine rings is 1. The van der Waals surface area contributed by atoms with Gasteiger partial charge in [0.2, 0.25) is 0 Å². The number of hydrogen-bond donors (Lipinski definition) is 1. The second-order valence-corrected chi connectivity index (χ2v) is 5.62. The van der Waals surface area contributed by atoms with Crippen LogP contribution in [0.25, 0.3) is 10.8 Å². The van der Waals surface area contributed by atoms with Crippen molar-refractivity contribution in [3.8, 4) is 0 Å². The van der Waals surface area contributed by atoms with Crippen LogP contribution >= 0.6 is 0 Å². The van der Waals surface area contributed by atoms with E-state index < -0.39 is 0 Å². The lowest BCUT2D eigenvalue weighted by Gasteiger charge is -2.15. The number of amides is 1. The highest BCUT2D eigenvalue weighted by Crippen LogP contribution is 2.13. The minimum absolute atomic E-state index is 0.0880. The molecule has 1 N–H and O–H groups in total. The molecule has 2 aromatic rings. The van der Waals surface area contributed by atoms with Crippen molar-refractivity contribution in [1.82, 2.24) is 9.88 Å². The third kappa shape index (κ3) is 3.32. The molecule has 112 valence electrons. The minimum Gasteiger partial charge on any atom is -0.351 e. The van der Waals surface area contributed by atoms with Crippen LogP contribution in [0.4, 0.5) is 0 Å². The van der Waals surface area contributed by atoms with Crippen LogP contribution in [-0.2, 0) is 6.54 Å². The van der Waals surface area contributed by atoms with E-state index in [1.807, 2.05) is 37.3 Å². The maximum atomic E-state index is 12.7. The van der Waals surface area contributed by atoms with E-state index in [-0.39, 0.29) is 11.5 Å². The van der Waals surface area contributed by atoms with Crippen LogP contribution in [0.5, 0.6) is 0 Å². The topological polar surface area (TPSA) is 51.1 Å². The molecule has 4 nitrogen and oxygen atoms in total. The summed E-state index contributed by atoms with van der Waals surface area (Å²) in [6.07, 6.45) is 0.866. The summed E-state index contributed by atoms with van der Waals surface area (Å²) in [6, 6.07) is 9.21. The summed E-state index contributed by atoms with van der Waals surface area (Å²) in [7, 11) is 0. The normalized spacial score (nSPS) is 11.0. The first-order valence-electron chi connectivity index (χ1n) is 7.45. The number of fused-ring (bicyclic) bond motifs is 1. The van der Waals surface area contributed by atoms with Gasteiger partial charge >= 0.3 is 0 Å². The average molecular weight is 286 g/mol. The zero-order valence-corrected chi connectivity index (χ0v) is 12.8. The molecule has 1 aromatic heterocycles. The number of nitrogens with one attached hydrogen (secondary N) is 1. The summed E-state index contributed by atoms with van der Waals surface area (Å²) in [5, 5.41) is 4.25. The zero-order chi connectivity index (χ0) is 15.4. The van der Waals surface area contributed by atoms with E-state index in [1.54, 1.807) is 4.57 Å². The van der Waals surface area contributed by atoms with Crippen molar-refractivity contribution < 1.29 is 4.79 Å². The van der Waals surface area contributed by atoms with Gasteiger partial charge in [-0.2, -0.15) is 0 Å². The number of carbonyl (C=O) groups is 1. The van der Waals surface area contributed by atoms with Gasteiger partial charge in [-0.15, -0.1) is 0 Å². The fourth-order valence-corrected chi connectivity index (χ4v) is 2.35. The summed E-state index contributed by atoms with van der Waals surface area (Å²) in [6.45, 7) is 7.20. The van der Waals surface area contributed by atoms with Gasteiger partial charge < -0.3 is 9.88 Å². The smallest absolute Gasteiger partial charge is 0.268 e. The Bertz CT molecular complexity index is 701. The molecule has 0 saturated heterocycles. The maximum Gasteiger partial charge on any atom is 0.268 e. The highest BCUT2D eigenvalue weighted by atomic mass is 16.2. The molecular weight excluding hydrogens is 264 g/mol. The van der Waals surface area contributed by atoms with Gasteiger partial charge in [-0.3, -0.25) is 9.59 Å².